The van der Waals surface area contributed by atoms with Crippen LogP contribution in [0.15, 0.2) is 18.2 Å². The van der Waals surface area contributed by atoms with Crippen LogP contribution in [0.2, 0.25) is 0 Å². The van der Waals surface area contributed by atoms with Gasteiger partial charge in [0, 0.05) is 17.7 Å². The van der Waals surface area contributed by atoms with Gasteiger partial charge < -0.3 is 15.5 Å². The van der Waals surface area contributed by atoms with E-state index in [0.29, 0.717) is 11.9 Å². The molecule has 0 unspecified atom stereocenters. The van der Waals surface area contributed by atoms with Crippen LogP contribution in [-0.4, -0.2) is 17.1 Å². The van der Waals surface area contributed by atoms with Crippen molar-refractivity contribution in [1.82, 2.24) is 9.97 Å². The van der Waals surface area contributed by atoms with E-state index in [0.717, 1.165) is 29.1 Å². The monoisotopic (exact) mass is 259 g/mol. The minimum absolute atomic E-state index is 0.464. The van der Waals surface area contributed by atoms with Crippen LogP contribution in [0.4, 0.5) is 5.95 Å². The zero-order valence-corrected chi connectivity index (χ0v) is 11.9. The molecule has 0 amide bonds. The van der Waals surface area contributed by atoms with Crippen molar-refractivity contribution < 1.29 is 4.74 Å². The number of nitrogens with one attached hydrogen (secondary N) is 1. The van der Waals surface area contributed by atoms with Gasteiger partial charge in [-0.05, 0) is 24.5 Å². The molecule has 0 atom stereocenters. The maximum Gasteiger partial charge on any atom is 0.197 e. The van der Waals surface area contributed by atoms with Crippen LogP contribution in [0.25, 0.3) is 0 Å². The van der Waals surface area contributed by atoms with Crippen molar-refractivity contribution in [2.45, 2.75) is 33.1 Å². The number of imidazole rings is 1. The third-order valence-electron chi connectivity index (χ3n) is 3.33. The second kappa shape index (κ2) is 5.34. The van der Waals surface area contributed by atoms with E-state index < -0.39 is 0 Å². The van der Waals surface area contributed by atoms with Crippen molar-refractivity contribution in [1.29, 1.82) is 0 Å². The molecule has 0 spiro atoms. The number of benzene rings is 1. The fourth-order valence-corrected chi connectivity index (χ4v) is 2.17. The summed E-state index contributed by atoms with van der Waals surface area (Å²) in [5, 5.41) is 0. The Labute approximate surface area is 114 Å². The lowest BCUT2D eigenvalue weighted by Gasteiger charge is -2.12. The molecule has 1 heterocycles. The molecule has 3 N–H and O–H groups in total. The molecule has 4 heteroatoms. The number of nitrogen functional groups attached to an aromatic ring is 1. The van der Waals surface area contributed by atoms with E-state index in [1.54, 1.807) is 7.11 Å². The molecule has 19 heavy (non-hydrogen) atoms. The molecule has 0 saturated carbocycles. The van der Waals surface area contributed by atoms with Crippen molar-refractivity contribution in [3.63, 3.8) is 0 Å². The summed E-state index contributed by atoms with van der Waals surface area (Å²) in [6, 6.07) is 6.32. The number of aryl methyl sites for hydroxylation is 1. The summed E-state index contributed by atoms with van der Waals surface area (Å²) in [7, 11) is 1.69. The van der Waals surface area contributed by atoms with E-state index in [-0.39, 0.29) is 0 Å². The van der Waals surface area contributed by atoms with Gasteiger partial charge in [0.15, 0.2) is 5.95 Å². The largest absolute Gasteiger partial charge is 0.496 e. The molecule has 0 saturated heterocycles. The molecule has 0 bridgehead atoms. The van der Waals surface area contributed by atoms with E-state index in [1.807, 2.05) is 13.0 Å². The van der Waals surface area contributed by atoms with Crippen molar-refractivity contribution in [3.8, 4) is 5.75 Å². The molecule has 1 aromatic heterocycles. The molecular formula is C15H21N3O. The van der Waals surface area contributed by atoms with E-state index in [1.165, 1.54) is 5.56 Å². The van der Waals surface area contributed by atoms with E-state index in [4.69, 9.17) is 10.5 Å². The van der Waals surface area contributed by atoms with Gasteiger partial charge in [-0.15, -0.1) is 0 Å². The summed E-state index contributed by atoms with van der Waals surface area (Å²) in [5.74, 6) is 1.85. The number of methoxy groups -OCH3 is 1. The molecule has 0 aliphatic heterocycles. The zero-order valence-electron chi connectivity index (χ0n) is 11.9. The normalized spacial score (nSPS) is 11.0. The van der Waals surface area contributed by atoms with Gasteiger partial charge in [-0.1, -0.05) is 26.0 Å². The topological polar surface area (TPSA) is 63.9 Å². The summed E-state index contributed by atoms with van der Waals surface area (Å²) < 4.78 is 5.43. The summed E-state index contributed by atoms with van der Waals surface area (Å²) >= 11 is 0. The minimum atomic E-state index is 0.464. The fraction of sp³-hybridized carbons (Fsp3) is 0.400. The average Bonchev–Trinajstić information content (AvgIpc) is 2.67. The van der Waals surface area contributed by atoms with Crippen LogP contribution in [-0.2, 0) is 6.42 Å². The zero-order chi connectivity index (χ0) is 14.0. The van der Waals surface area contributed by atoms with E-state index in [2.05, 4.69) is 35.9 Å². The number of rotatable bonds is 4. The number of nitrogens with zero attached hydrogens (tertiary/aromatic N) is 1. The quantitative estimate of drug-likeness (QED) is 0.887. The van der Waals surface area contributed by atoms with Crippen LogP contribution in [0.1, 0.15) is 42.3 Å². The molecule has 1 aromatic carbocycles. The summed E-state index contributed by atoms with van der Waals surface area (Å²) in [5.41, 5.74) is 10.1. The lowest BCUT2D eigenvalue weighted by molar-refractivity contribution is 0.410. The lowest BCUT2D eigenvalue weighted by atomic mass is 9.98. The van der Waals surface area contributed by atoms with Crippen LogP contribution >= 0.6 is 0 Å². The first-order chi connectivity index (χ1) is 9.01. The predicted octanol–water partition coefficient (Wildman–Crippen LogP) is 3.02. The third-order valence-corrected chi connectivity index (χ3v) is 3.33. The second-order valence-corrected chi connectivity index (χ2v) is 5.10. The minimum Gasteiger partial charge on any atom is -0.496 e. The SMILES string of the molecule is COc1ccc(C(C)C)cc1Cc1nc(N)[nH]c1C. The van der Waals surface area contributed by atoms with Gasteiger partial charge in [0.1, 0.15) is 5.75 Å². The number of hydrogen-bond donors (Lipinski definition) is 2. The van der Waals surface area contributed by atoms with Crippen LogP contribution < -0.4 is 10.5 Å². The fourth-order valence-electron chi connectivity index (χ4n) is 2.17. The number of ether oxygens (including phenoxy) is 1. The Balaban J connectivity index is 2.37. The first-order valence-electron chi connectivity index (χ1n) is 6.49. The number of nitrogens with two attached hydrogens (primary N) is 1. The highest BCUT2D eigenvalue weighted by molar-refractivity contribution is 5.42. The standard InChI is InChI=1S/C15H21N3O/c1-9(2)11-5-6-14(19-4)12(7-11)8-13-10(3)17-15(16)18-13/h5-7,9H,8H2,1-4H3,(H3,16,17,18). The van der Waals surface area contributed by atoms with Crippen LogP contribution in [0.5, 0.6) is 5.75 Å². The molecule has 0 fully saturated rings. The average molecular weight is 259 g/mol. The van der Waals surface area contributed by atoms with Gasteiger partial charge in [0.05, 0.1) is 12.8 Å². The van der Waals surface area contributed by atoms with Crippen molar-refractivity contribution in [3.05, 3.63) is 40.7 Å². The van der Waals surface area contributed by atoms with Crippen LogP contribution in [0.3, 0.4) is 0 Å². The van der Waals surface area contributed by atoms with Crippen molar-refractivity contribution in [2.75, 3.05) is 12.8 Å². The maximum atomic E-state index is 5.68. The molecule has 0 aliphatic rings. The second-order valence-electron chi connectivity index (χ2n) is 5.10. The van der Waals surface area contributed by atoms with Crippen LogP contribution in [0, 0.1) is 6.92 Å². The van der Waals surface area contributed by atoms with E-state index in [9.17, 15) is 0 Å². The van der Waals surface area contributed by atoms with Gasteiger partial charge in [0.25, 0.3) is 0 Å². The number of aromatic nitrogens is 2. The van der Waals surface area contributed by atoms with E-state index >= 15 is 0 Å². The van der Waals surface area contributed by atoms with Gasteiger partial charge in [-0.25, -0.2) is 4.98 Å². The predicted molar refractivity (Wildman–Crippen MR) is 77.6 cm³/mol. The first kappa shape index (κ1) is 13.5. The smallest absolute Gasteiger partial charge is 0.197 e. The Morgan fingerprint density at radius 1 is 1.37 bits per heavy atom. The molecule has 4 nitrogen and oxygen atoms in total. The van der Waals surface area contributed by atoms with Gasteiger partial charge in [0.2, 0.25) is 0 Å². The molecule has 102 valence electrons. The Morgan fingerprint density at radius 3 is 2.63 bits per heavy atom. The number of anilines is 1. The Kier molecular flexibility index (Phi) is 3.79. The highest BCUT2D eigenvalue weighted by Gasteiger charge is 2.11. The highest BCUT2D eigenvalue weighted by Crippen LogP contribution is 2.26. The molecule has 2 aromatic rings. The number of H-pyrrole nitrogens is 1. The Bertz CT molecular complexity index is 573. The third kappa shape index (κ3) is 2.89. The Morgan fingerprint density at radius 2 is 2.11 bits per heavy atom. The highest BCUT2D eigenvalue weighted by atomic mass is 16.5. The summed E-state index contributed by atoms with van der Waals surface area (Å²) in [6.07, 6.45) is 0.725. The number of hydrogen-bond acceptors (Lipinski definition) is 3. The molecule has 0 radical (unpaired) electrons. The summed E-state index contributed by atoms with van der Waals surface area (Å²) in [4.78, 5) is 7.35. The van der Waals surface area contributed by atoms with Gasteiger partial charge >= 0.3 is 0 Å². The number of aromatic amines is 1. The van der Waals surface area contributed by atoms with Crippen molar-refractivity contribution in [2.24, 2.45) is 0 Å². The molecule has 2 rings (SSSR count). The summed E-state index contributed by atoms with van der Waals surface area (Å²) in [6.45, 7) is 6.35. The van der Waals surface area contributed by atoms with Crippen molar-refractivity contribution >= 4 is 5.95 Å². The Hall–Kier alpha value is -1.97. The van der Waals surface area contributed by atoms with Gasteiger partial charge in [-0.3, -0.25) is 0 Å². The lowest BCUT2D eigenvalue weighted by Crippen LogP contribution is -1.98. The molecular weight excluding hydrogens is 238 g/mol. The molecule has 0 aliphatic carbocycles. The first-order valence-corrected chi connectivity index (χ1v) is 6.49. The van der Waals surface area contributed by atoms with Gasteiger partial charge in [-0.2, -0.15) is 0 Å². The maximum absolute atomic E-state index is 5.68.